The van der Waals surface area contributed by atoms with Crippen LogP contribution in [0.3, 0.4) is 0 Å². The van der Waals surface area contributed by atoms with Crippen LogP contribution in [0.5, 0.6) is 0 Å². The van der Waals surface area contributed by atoms with Crippen molar-refractivity contribution in [3.8, 4) is 0 Å². The van der Waals surface area contributed by atoms with Crippen LogP contribution in [0, 0.1) is 12.8 Å². The van der Waals surface area contributed by atoms with Crippen molar-refractivity contribution in [2.24, 2.45) is 5.92 Å². The smallest absolute Gasteiger partial charge is 0.138 e. The van der Waals surface area contributed by atoms with Gasteiger partial charge in [-0.05, 0) is 54.8 Å². The molecule has 1 aliphatic rings. The van der Waals surface area contributed by atoms with Gasteiger partial charge in [-0.25, -0.2) is 4.68 Å². The van der Waals surface area contributed by atoms with E-state index in [1.54, 1.807) is 6.33 Å². The summed E-state index contributed by atoms with van der Waals surface area (Å²) in [5.74, 6) is 0.590. The Morgan fingerprint density at radius 3 is 2.58 bits per heavy atom. The highest BCUT2D eigenvalue weighted by Crippen LogP contribution is 2.31. The number of hydrogen-bond acceptors (Lipinski definition) is 4. The molecule has 0 saturated carbocycles. The van der Waals surface area contributed by atoms with E-state index in [2.05, 4.69) is 52.0 Å². The number of piperidine rings is 1. The van der Waals surface area contributed by atoms with E-state index in [4.69, 9.17) is 0 Å². The lowest BCUT2D eigenvalue weighted by atomic mass is 9.86. The normalized spacial score (nSPS) is 18.4. The van der Waals surface area contributed by atoms with E-state index in [0.717, 1.165) is 13.1 Å². The molecule has 1 saturated heterocycles. The van der Waals surface area contributed by atoms with E-state index < -0.39 is 0 Å². The summed E-state index contributed by atoms with van der Waals surface area (Å²) < 4.78 is 1.90. The van der Waals surface area contributed by atoms with E-state index in [9.17, 15) is 0 Å². The summed E-state index contributed by atoms with van der Waals surface area (Å²) in [6.45, 7) is 4.27. The third-order valence-corrected chi connectivity index (χ3v) is 3.90. The van der Waals surface area contributed by atoms with Crippen molar-refractivity contribution in [3.05, 3.63) is 41.7 Å². The topological polar surface area (TPSA) is 55.6 Å². The van der Waals surface area contributed by atoms with Gasteiger partial charge in [-0.2, -0.15) is 0 Å². The molecule has 0 unspecified atom stereocenters. The third kappa shape index (κ3) is 2.66. The lowest BCUT2D eigenvalue weighted by Crippen LogP contribution is -2.33. The monoisotopic (exact) mass is 257 g/mol. The van der Waals surface area contributed by atoms with Gasteiger partial charge in [-0.3, -0.25) is 0 Å². The summed E-state index contributed by atoms with van der Waals surface area (Å²) in [5, 5.41) is 15.1. The maximum absolute atomic E-state index is 4.13. The SMILES string of the molecule is Cc1ccc([C@H](C2CCNCC2)n2cnnn2)cc1. The van der Waals surface area contributed by atoms with Gasteiger partial charge in [-0.1, -0.05) is 29.8 Å². The molecule has 0 bridgehead atoms. The van der Waals surface area contributed by atoms with Gasteiger partial charge in [0.15, 0.2) is 0 Å². The molecule has 1 aromatic carbocycles. The zero-order valence-electron chi connectivity index (χ0n) is 11.2. The summed E-state index contributed by atoms with van der Waals surface area (Å²) in [4.78, 5) is 0. The van der Waals surface area contributed by atoms with Crippen LogP contribution in [0.2, 0.25) is 0 Å². The van der Waals surface area contributed by atoms with E-state index in [1.807, 2.05) is 4.68 Å². The maximum atomic E-state index is 4.13. The molecule has 0 aliphatic carbocycles. The molecule has 2 heterocycles. The Morgan fingerprint density at radius 2 is 1.95 bits per heavy atom. The molecule has 1 aromatic heterocycles. The van der Waals surface area contributed by atoms with Crippen LogP contribution in [0.4, 0.5) is 0 Å². The highest BCUT2D eigenvalue weighted by molar-refractivity contribution is 5.25. The second-order valence-electron chi connectivity index (χ2n) is 5.23. The molecular weight excluding hydrogens is 238 g/mol. The van der Waals surface area contributed by atoms with Crippen molar-refractivity contribution in [1.29, 1.82) is 0 Å². The first kappa shape index (κ1) is 12.3. The molecule has 0 radical (unpaired) electrons. The van der Waals surface area contributed by atoms with Crippen molar-refractivity contribution in [2.45, 2.75) is 25.8 Å². The zero-order chi connectivity index (χ0) is 13.1. The van der Waals surface area contributed by atoms with Gasteiger partial charge in [0.2, 0.25) is 0 Å². The molecule has 3 rings (SSSR count). The number of nitrogens with one attached hydrogen (secondary N) is 1. The van der Waals surface area contributed by atoms with E-state index in [0.29, 0.717) is 5.92 Å². The average molecular weight is 257 g/mol. The standard InChI is InChI=1S/C14H19N5/c1-11-2-4-12(5-3-11)14(19-10-16-17-18-19)13-6-8-15-9-7-13/h2-5,10,13-15H,6-9H2,1H3/t14-/m1/s1. The number of aryl methyl sites for hydroxylation is 1. The van der Waals surface area contributed by atoms with Crippen molar-refractivity contribution in [1.82, 2.24) is 25.5 Å². The molecule has 0 spiro atoms. The van der Waals surface area contributed by atoms with Gasteiger partial charge in [-0.15, -0.1) is 5.10 Å². The van der Waals surface area contributed by atoms with E-state index in [1.165, 1.54) is 24.0 Å². The Labute approximate surface area is 113 Å². The van der Waals surface area contributed by atoms with Crippen LogP contribution >= 0.6 is 0 Å². The van der Waals surface area contributed by atoms with Crippen molar-refractivity contribution >= 4 is 0 Å². The zero-order valence-corrected chi connectivity index (χ0v) is 11.2. The van der Waals surface area contributed by atoms with Crippen LogP contribution < -0.4 is 5.32 Å². The molecule has 100 valence electrons. The quantitative estimate of drug-likeness (QED) is 0.907. The molecule has 5 heteroatoms. The minimum Gasteiger partial charge on any atom is -0.317 e. The van der Waals surface area contributed by atoms with Crippen molar-refractivity contribution in [2.75, 3.05) is 13.1 Å². The minimum absolute atomic E-state index is 0.248. The molecule has 2 aromatic rings. The Kier molecular flexibility index (Phi) is 3.55. The third-order valence-electron chi connectivity index (χ3n) is 3.90. The molecule has 1 fully saturated rings. The van der Waals surface area contributed by atoms with Gasteiger partial charge < -0.3 is 5.32 Å². The highest BCUT2D eigenvalue weighted by atomic mass is 15.5. The first-order chi connectivity index (χ1) is 9.34. The number of tetrazole rings is 1. The fraction of sp³-hybridized carbons (Fsp3) is 0.500. The lowest BCUT2D eigenvalue weighted by Gasteiger charge is -2.30. The van der Waals surface area contributed by atoms with Gasteiger partial charge >= 0.3 is 0 Å². The van der Waals surface area contributed by atoms with Crippen molar-refractivity contribution in [3.63, 3.8) is 0 Å². The predicted molar refractivity (Wildman–Crippen MR) is 72.7 cm³/mol. The summed E-state index contributed by atoms with van der Waals surface area (Å²) in [6, 6.07) is 8.97. The summed E-state index contributed by atoms with van der Waals surface area (Å²) in [6.07, 6.45) is 4.06. The summed E-state index contributed by atoms with van der Waals surface area (Å²) in [5.41, 5.74) is 2.58. The van der Waals surface area contributed by atoms with E-state index in [-0.39, 0.29) is 6.04 Å². The number of hydrogen-bond donors (Lipinski definition) is 1. The summed E-state index contributed by atoms with van der Waals surface area (Å²) >= 11 is 0. The van der Waals surface area contributed by atoms with E-state index >= 15 is 0 Å². The maximum Gasteiger partial charge on any atom is 0.138 e. The molecule has 19 heavy (non-hydrogen) atoms. The highest BCUT2D eigenvalue weighted by Gasteiger charge is 2.27. The molecule has 1 N–H and O–H groups in total. The second-order valence-corrected chi connectivity index (χ2v) is 5.23. The fourth-order valence-electron chi connectivity index (χ4n) is 2.86. The Hall–Kier alpha value is -1.75. The van der Waals surface area contributed by atoms with Crippen LogP contribution in [0.1, 0.15) is 30.0 Å². The number of aromatic nitrogens is 4. The Morgan fingerprint density at radius 1 is 1.21 bits per heavy atom. The molecule has 1 aliphatic heterocycles. The fourth-order valence-corrected chi connectivity index (χ4v) is 2.86. The van der Waals surface area contributed by atoms with Gasteiger partial charge in [0.1, 0.15) is 6.33 Å². The first-order valence-corrected chi connectivity index (χ1v) is 6.84. The largest absolute Gasteiger partial charge is 0.317 e. The number of rotatable bonds is 3. The van der Waals surface area contributed by atoms with Crippen LogP contribution in [-0.2, 0) is 0 Å². The van der Waals surface area contributed by atoms with Gasteiger partial charge in [0.25, 0.3) is 0 Å². The predicted octanol–water partition coefficient (Wildman–Crippen LogP) is 1.57. The number of nitrogens with zero attached hydrogens (tertiary/aromatic N) is 4. The molecule has 5 nitrogen and oxygen atoms in total. The van der Waals surface area contributed by atoms with Gasteiger partial charge in [0, 0.05) is 0 Å². The second kappa shape index (κ2) is 5.48. The van der Waals surface area contributed by atoms with Crippen LogP contribution in [0.15, 0.2) is 30.6 Å². The average Bonchev–Trinajstić information content (AvgIpc) is 2.96. The summed E-state index contributed by atoms with van der Waals surface area (Å²) in [7, 11) is 0. The van der Waals surface area contributed by atoms with Crippen LogP contribution in [0.25, 0.3) is 0 Å². The molecular formula is C14H19N5. The molecule has 1 atom stereocenters. The Balaban J connectivity index is 1.93. The minimum atomic E-state index is 0.248. The van der Waals surface area contributed by atoms with Crippen LogP contribution in [-0.4, -0.2) is 33.3 Å². The van der Waals surface area contributed by atoms with Gasteiger partial charge in [0.05, 0.1) is 6.04 Å². The lowest BCUT2D eigenvalue weighted by molar-refractivity contribution is 0.274. The van der Waals surface area contributed by atoms with Crippen molar-refractivity contribution < 1.29 is 0 Å². The first-order valence-electron chi connectivity index (χ1n) is 6.84. The molecule has 0 amide bonds. The Bertz CT molecular complexity index is 499. The number of benzene rings is 1.